The number of hydrogen-bond donors (Lipinski definition) is 1. The molecule has 1 aliphatic rings. The second kappa shape index (κ2) is 16.5. The highest BCUT2D eigenvalue weighted by molar-refractivity contribution is 7.20. The van der Waals surface area contributed by atoms with Crippen molar-refractivity contribution >= 4 is 33.1 Å². The Bertz CT molecular complexity index is 1670. The van der Waals surface area contributed by atoms with Crippen molar-refractivity contribution in [2.75, 3.05) is 0 Å². The zero-order valence-corrected chi connectivity index (χ0v) is 28.0. The third-order valence-electron chi connectivity index (χ3n) is 7.36. The predicted molar refractivity (Wildman–Crippen MR) is 195 cm³/mol. The van der Waals surface area contributed by atoms with Gasteiger partial charge in [-0.1, -0.05) is 149 Å². The van der Waals surface area contributed by atoms with Crippen LogP contribution < -0.4 is 5.32 Å². The molecular weight excluding hydrogens is 539 g/mol. The van der Waals surface area contributed by atoms with Gasteiger partial charge in [-0.05, 0) is 72.0 Å². The van der Waals surface area contributed by atoms with Crippen LogP contribution in [0.5, 0.6) is 0 Å². The molecule has 0 aliphatic carbocycles. The molecule has 0 saturated heterocycles. The van der Waals surface area contributed by atoms with Crippen LogP contribution in [0.1, 0.15) is 72.0 Å². The predicted octanol–water partition coefficient (Wildman–Crippen LogP) is 12.4. The van der Waals surface area contributed by atoms with Crippen molar-refractivity contribution < 1.29 is 0 Å². The van der Waals surface area contributed by atoms with Crippen LogP contribution in [0.3, 0.4) is 0 Å². The molecule has 5 aromatic rings. The van der Waals surface area contributed by atoms with Crippen LogP contribution in [0.25, 0.3) is 32.9 Å². The van der Waals surface area contributed by atoms with Crippen LogP contribution >= 0.6 is 11.3 Å². The molecule has 6 rings (SSSR count). The molecule has 2 heterocycles. The fourth-order valence-corrected chi connectivity index (χ4v) is 6.48. The number of benzene rings is 4. The summed E-state index contributed by atoms with van der Waals surface area (Å²) in [5, 5.41) is 4.99. The molecule has 1 N–H and O–H groups in total. The smallest absolute Gasteiger partial charge is 0.0702 e. The van der Waals surface area contributed by atoms with E-state index < -0.39 is 0 Å². The van der Waals surface area contributed by atoms with Crippen molar-refractivity contribution in [3.63, 3.8) is 0 Å². The summed E-state index contributed by atoms with van der Waals surface area (Å²) in [6.07, 6.45) is 8.65. The first-order valence-corrected chi connectivity index (χ1v) is 16.3. The van der Waals surface area contributed by atoms with Gasteiger partial charge in [0.05, 0.1) is 6.04 Å². The van der Waals surface area contributed by atoms with Gasteiger partial charge in [0.1, 0.15) is 0 Å². The number of allylic oxidation sites excluding steroid dienone is 2. The summed E-state index contributed by atoms with van der Waals surface area (Å²) in [6.45, 7) is 20.8. The number of thiophene rings is 1. The monoisotopic (exact) mass is 585 g/mol. The molecule has 222 valence electrons. The maximum atomic E-state index is 4.04. The Hall–Kier alpha value is -4.14. The van der Waals surface area contributed by atoms with Gasteiger partial charge in [-0.2, -0.15) is 0 Å². The Morgan fingerprint density at radius 2 is 1.33 bits per heavy atom. The minimum Gasteiger partial charge on any atom is -0.380 e. The molecule has 0 amide bonds. The Morgan fingerprint density at radius 3 is 1.88 bits per heavy atom. The van der Waals surface area contributed by atoms with E-state index >= 15 is 0 Å². The van der Waals surface area contributed by atoms with E-state index in [1.807, 2.05) is 63.3 Å². The van der Waals surface area contributed by atoms with Gasteiger partial charge in [-0.3, -0.25) is 0 Å². The number of hydrogen-bond acceptors (Lipinski definition) is 2. The van der Waals surface area contributed by atoms with Crippen LogP contribution in [-0.4, -0.2) is 0 Å². The van der Waals surface area contributed by atoms with E-state index in [1.54, 1.807) is 0 Å². The van der Waals surface area contributed by atoms with E-state index in [0.717, 1.165) is 0 Å². The summed E-state index contributed by atoms with van der Waals surface area (Å²) in [5.41, 5.74) is 11.7. The van der Waals surface area contributed by atoms with Gasteiger partial charge in [-0.15, -0.1) is 11.3 Å². The van der Waals surface area contributed by atoms with Crippen molar-refractivity contribution in [3.8, 4) is 11.1 Å². The lowest BCUT2D eigenvalue weighted by molar-refractivity contribution is 0.750. The van der Waals surface area contributed by atoms with Gasteiger partial charge >= 0.3 is 0 Å². The summed E-state index contributed by atoms with van der Waals surface area (Å²) < 4.78 is 1.35. The van der Waals surface area contributed by atoms with Crippen molar-refractivity contribution in [1.82, 2.24) is 5.32 Å². The average molecular weight is 586 g/mol. The third kappa shape index (κ3) is 7.83. The van der Waals surface area contributed by atoms with E-state index in [2.05, 4.69) is 131 Å². The highest BCUT2D eigenvalue weighted by atomic mass is 32.1. The molecule has 0 bridgehead atoms. The molecule has 1 aliphatic heterocycles. The molecule has 1 unspecified atom stereocenters. The van der Waals surface area contributed by atoms with Crippen molar-refractivity contribution in [1.29, 1.82) is 0 Å². The normalized spacial score (nSPS) is 13.2. The molecular formula is C41H47NS. The van der Waals surface area contributed by atoms with E-state index in [1.165, 1.54) is 65.0 Å². The van der Waals surface area contributed by atoms with Crippen molar-refractivity contribution in [2.45, 2.75) is 61.4 Å². The maximum Gasteiger partial charge on any atom is 0.0702 e. The fourth-order valence-electron chi connectivity index (χ4n) is 5.22. The summed E-state index contributed by atoms with van der Waals surface area (Å²) >= 11 is 1.85. The Labute approximate surface area is 264 Å². The molecule has 0 radical (unpaired) electrons. The summed E-state index contributed by atoms with van der Waals surface area (Å²) in [6, 6.07) is 32.1. The topological polar surface area (TPSA) is 12.0 Å². The van der Waals surface area contributed by atoms with Crippen LogP contribution in [0, 0.1) is 27.7 Å². The lowest BCUT2D eigenvalue weighted by atomic mass is 9.87. The second-order valence-electron chi connectivity index (χ2n) is 10.1. The van der Waals surface area contributed by atoms with Gasteiger partial charge in [0.15, 0.2) is 0 Å². The van der Waals surface area contributed by atoms with Gasteiger partial charge in [0.25, 0.3) is 0 Å². The first-order chi connectivity index (χ1) is 21.0. The lowest BCUT2D eigenvalue weighted by Crippen LogP contribution is -2.17. The molecule has 0 fully saturated rings. The summed E-state index contributed by atoms with van der Waals surface area (Å²) in [5.74, 6) is 0. The number of aryl methyl sites for hydroxylation is 4. The van der Waals surface area contributed by atoms with E-state index in [0.29, 0.717) is 0 Å². The Kier molecular flexibility index (Phi) is 12.8. The molecule has 0 spiro atoms. The van der Waals surface area contributed by atoms with Gasteiger partial charge in [0.2, 0.25) is 0 Å². The van der Waals surface area contributed by atoms with Gasteiger partial charge < -0.3 is 5.32 Å². The van der Waals surface area contributed by atoms with E-state index in [4.69, 9.17) is 0 Å². The average Bonchev–Trinajstić information content (AvgIpc) is 3.39. The summed E-state index contributed by atoms with van der Waals surface area (Å²) in [7, 11) is 0. The number of nitrogens with one attached hydrogen (secondary N) is 1. The van der Waals surface area contributed by atoms with Gasteiger partial charge in [0, 0.05) is 21.3 Å². The highest BCUT2D eigenvalue weighted by Crippen LogP contribution is 2.44. The maximum absolute atomic E-state index is 4.04. The first-order valence-electron chi connectivity index (χ1n) is 15.4. The molecule has 1 aromatic heterocycles. The zero-order chi connectivity index (χ0) is 31.4. The fraction of sp³-hybridized carbons (Fsp3) is 0.220. The minimum atomic E-state index is 0.131. The second-order valence-corrected chi connectivity index (χ2v) is 11.1. The third-order valence-corrected chi connectivity index (χ3v) is 8.68. The van der Waals surface area contributed by atoms with Crippen LogP contribution in [-0.2, 0) is 0 Å². The first kappa shape index (κ1) is 33.4. The van der Waals surface area contributed by atoms with Gasteiger partial charge in [-0.25, -0.2) is 0 Å². The summed E-state index contributed by atoms with van der Waals surface area (Å²) in [4.78, 5) is 1.26. The van der Waals surface area contributed by atoms with Crippen LogP contribution in [0.4, 0.5) is 0 Å². The lowest BCUT2D eigenvalue weighted by Gasteiger charge is -2.24. The number of fused-ring (bicyclic) bond motifs is 1. The molecule has 43 heavy (non-hydrogen) atoms. The SMILES string of the molecule is C=Cc1sc2c(-c3c(C)cccc3C3C=CC(c4ccccc4)=CN3)c(C)ccc2c1C.CC.CC.Cc1ccccc1. The van der Waals surface area contributed by atoms with Crippen LogP contribution in [0.15, 0.2) is 116 Å². The molecule has 2 heteroatoms. The largest absolute Gasteiger partial charge is 0.380 e. The minimum absolute atomic E-state index is 0.131. The Morgan fingerprint density at radius 1 is 0.698 bits per heavy atom. The highest BCUT2D eigenvalue weighted by Gasteiger charge is 2.21. The quantitative estimate of drug-likeness (QED) is 0.221. The zero-order valence-electron chi connectivity index (χ0n) is 27.2. The molecule has 1 atom stereocenters. The Balaban J connectivity index is 0.000000396. The van der Waals surface area contributed by atoms with Crippen molar-refractivity contribution in [2.24, 2.45) is 0 Å². The van der Waals surface area contributed by atoms with E-state index in [9.17, 15) is 0 Å². The standard InChI is InChI=1S/C30H27NS.C7H8.2C2H6/c1-5-27-21(4)24-16-14-20(3)29(30(24)32-27)28-19(2)10-9-13-25(28)26-17-15-23(18-31-26)22-11-7-6-8-12-22;1-7-5-3-2-4-6-7;2*1-2/h5-18,26,31H,1H2,2-4H3;2-6H,1H3;2*1-2H3. The number of dihydropyridines is 1. The molecule has 0 saturated carbocycles. The van der Waals surface area contributed by atoms with Crippen molar-refractivity contribution in [3.05, 3.63) is 154 Å². The van der Waals surface area contributed by atoms with Crippen LogP contribution in [0.2, 0.25) is 0 Å². The molecule has 4 aromatic carbocycles. The number of rotatable bonds is 4. The van der Waals surface area contributed by atoms with E-state index in [-0.39, 0.29) is 6.04 Å². The molecule has 1 nitrogen and oxygen atoms in total.